The molecule has 0 spiro atoms. The van der Waals surface area contributed by atoms with Crippen molar-refractivity contribution in [1.82, 2.24) is 4.98 Å². The van der Waals surface area contributed by atoms with E-state index in [-0.39, 0.29) is 13.2 Å². The van der Waals surface area contributed by atoms with Gasteiger partial charge in [-0.3, -0.25) is 4.79 Å². The lowest BCUT2D eigenvalue weighted by Crippen LogP contribution is -2.34. The lowest BCUT2D eigenvalue weighted by atomic mass is 9.71. The average Bonchev–Trinajstić information content (AvgIpc) is 3.64. The predicted molar refractivity (Wildman–Crippen MR) is 148 cm³/mol. The van der Waals surface area contributed by atoms with Gasteiger partial charge in [-0.1, -0.05) is 30.3 Å². The normalized spacial score (nSPS) is 15.6. The van der Waals surface area contributed by atoms with Gasteiger partial charge < -0.3 is 29.4 Å². The number of aliphatic carboxylic acids is 1. The number of anilines is 1. The molecular weight excluding hydrogens is 516 g/mol. The van der Waals surface area contributed by atoms with Crippen LogP contribution in [0.25, 0.3) is 10.1 Å². The molecule has 2 aliphatic heterocycles. The number of nitrogens with one attached hydrogen (secondary N) is 1. The van der Waals surface area contributed by atoms with Gasteiger partial charge in [-0.2, -0.15) is 0 Å². The van der Waals surface area contributed by atoms with E-state index in [1.165, 1.54) is 0 Å². The first kappa shape index (κ1) is 25.1. The summed E-state index contributed by atoms with van der Waals surface area (Å²) < 4.78 is 24.0. The lowest BCUT2D eigenvalue weighted by Gasteiger charge is -2.32. The van der Waals surface area contributed by atoms with Gasteiger partial charge in [0, 0.05) is 16.8 Å². The van der Waals surface area contributed by atoms with Crippen molar-refractivity contribution in [2.75, 3.05) is 31.9 Å². The van der Waals surface area contributed by atoms with Gasteiger partial charge >= 0.3 is 5.97 Å². The van der Waals surface area contributed by atoms with Gasteiger partial charge in [0.15, 0.2) is 11.6 Å². The third kappa shape index (κ3) is 5.22. The first-order valence-electron chi connectivity index (χ1n) is 12.8. The van der Waals surface area contributed by atoms with Crippen LogP contribution in [-0.4, -0.2) is 42.6 Å². The van der Waals surface area contributed by atoms with Gasteiger partial charge in [-0.25, -0.2) is 4.98 Å². The number of benzene rings is 2. The van der Waals surface area contributed by atoms with Gasteiger partial charge in [0.1, 0.15) is 24.4 Å². The second-order valence-electron chi connectivity index (χ2n) is 9.56. The number of carboxylic acids is 1. The smallest absolute Gasteiger partial charge is 0.304 e. The van der Waals surface area contributed by atoms with Crippen molar-refractivity contribution in [3.05, 3.63) is 94.9 Å². The number of aromatic nitrogens is 1. The van der Waals surface area contributed by atoms with Crippen LogP contribution in [0.2, 0.25) is 0 Å². The number of carbonyl (C=O) groups is 1. The summed E-state index contributed by atoms with van der Waals surface area (Å²) in [6.07, 6.45) is 2.55. The van der Waals surface area contributed by atoms with E-state index in [0.29, 0.717) is 31.8 Å². The van der Waals surface area contributed by atoms with Crippen molar-refractivity contribution < 1.29 is 28.8 Å². The highest BCUT2D eigenvalue weighted by atomic mass is 32.1. The number of hydrogen-bond donors (Lipinski definition) is 2. The van der Waals surface area contributed by atoms with Crippen LogP contribution in [0.15, 0.2) is 78.1 Å². The summed E-state index contributed by atoms with van der Waals surface area (Å²) in [5.74, 6) is 1.94. The Morgan fingerprint density at radius 2 is 2.03 bits per heavy atom. The number of rotatable bonds is 10. The number of thiophene rings is 1. The Balaban J connectivity index is 1.26. The molecule has 2 aliphatic rings. The molecule has 4 aromatic rings. The number of ether oxygens (including phenoxy) is 4. The largest absolute Gasteiger partial charge is 0.493 e. The van der Waals surface area contributed by atoms with Crippen molar-refractivity contribution in [1.29, 1.82) is 0 Å². The highest BCUT2D eigenvalue weighted by molar-refractivity contribution is 7.17. The molecule has 0 bridgehead atoms. The highest BCUT2D eigenvalue weighted by Crippen LogP contribution is 2.46. The van der Waals surface area contributed by atoms with Gasteiger partial charge in [0.25, 0.3) is 0 Å². The van der Waals surface area contributed by atoms with E-state index in [1.54, 1.807) is 17.6 Å². The quantitative estimate of drug-likeness (QED) is 0.269. The van der Waals surface area contributed by atoms with Gasteiger partial charge in [-0.05, 0) is 58.6 Å². The van der Waals surface area contributed by atoms with Crippen molar-refractivity contribution in [2.24, 2.45) is 0 Å². The third-order valence-corrected chi connectivity index (χ3v) is 7.95. The number of nitrogens with zero attached hydrogens (tertiary/aromatic N) is 1. The molecule has 1 unspecified atom stereocenters. The molecule has 2 aromatic heterocycles. The summed E-state index contributed by atoms with van der Waals surface area (Å²) in [5.41, 5.74) is 1.94. The molecule has 0 amide bonds. The molecule has 8 nitrogen and oxygen atoms in total. The Kier molecular flexibility index (Phi) is 6.98. The molecule has 2 aromatic carbocycles. The summed E-state index contributed by atoms with van der Waals surface area (Å²) in [6, 6.07) is 19.7. The summed E-state index contributed by atoms with van der Waals surface area (Å²) in [6.45, 7) is 1.95. The minimum absolute atomic E-state index is 0.0771. The molecular formula is C30H28N2O6S. The SMILES string of the molecule is O=C(O)CC(Cc1ccccc1)(C1=COCO1)c1csc2cc(OCCc3ccc4c(n3)NCCO4)ccc12. The van der Waals surface area contributed by atoms with Crippen LogP contribution in [0.3, 0.4) is 0 Å². The van der Waals surface area contributed by atoms with Crippen molar-refractivity contribution in [2.45, 2.75) is 24.7 Å². The van der Waals surface area contributed by atoms with Gasteiger partial charge in [0.2, 0.25) is 6.79 Å². The van der Waals surface area contributed by atoms with E-state index in [2.05, 4.69) is 10.3 Å². The third-order valence-electron chi connectivity index (χ3n) is 7.00. The summed E-state index contributed by atoms with van der Waals surface area (Å²) in [5, 5.41) is 16.3. The fourth-order valence-corrected chi connectivity index (χ4v) is 6.28. The molecule has 0 saturated heterocycles. The van der Waals surface area contributed by atoms with Crippen molar-refractivity contribution >= 4 is 33.2 Å². The van der Waals surface area contributed by atoms with Crippen molar-refractivity contribution in [3.8, 4) is 11.5 Å². The van der Waals surface area contributed by atoms with Crippen LogP contribution >= 0.6 is 11.3 Å². The molecule has 0 fully saturated rings. The second kappa shape index (κ2) is 10.9. The first-order chi connectivity index (χ1) is 19.1. The van der Waals surface area contributed by atoms with E-state index in [1.807, 2.05) is 66.0 Å². The second-order valence-corrected chi connectivity index (χ2v) is 10.5. The molecule has 200 valence electrons. The molecule has 0 aliphatic carbocycles. The molecule has 1 atom stereocenters. The monoisotopic (exact) mass is 544 g/mol. The minimum atomic E-state index is -0.916. The predicted octanol–water partition coefficient (Wildman–Crippen LogP) is 5.52. The van der Waals surface area contributed by atoms with Gasteiger partial charge in [0.05, 0.1) is 25.0 Å². The number of hydrogen-bond acceptors (Lipinski definition) is 8. The number of allylic oxidation sites excluding steroid dienone is 1. The molecule has 39 heavy (non-hydrogen) atoms. The maximum absolute atomic E-state index is 12.2. The van der Waals surface area contributed by atoms with E-state index in [0.717, 1.165) is 50.8 Å². The van der Waals surface area contributed by atoms with Crippen LogP contribution in [-0.2, 0) is 32.5 Å². The fourth-order valence-electron chi connectivity index (χ4n) is 5.20. The standard InChI is InChI=1S/C30H28N2O6S/c33-28(34)16-30(27-17-35-19-38-27,15-20-4-2-1-3-5-20)24-18-39-26-14-22(7-8-23(24)26)36-12-10-21-6-9-25-29(32-21)31-11-13-37-25/h1-9,14,17-18H,10-13,15-16,19H2,(H,31,32)(H,33,34). The van der Waals surface area contributed by atoms with Crippen molar-refractivity contribution in [3.63, 3.8) is 0 Å². The van der Waals surface area contributed by atoms with E-state index >= 15 is 0 Å². The number of fused-ring (bicyclic) bond motifs is 2. The molecule has 4 heterocycles. The van der Waals surface area contributed by atoms with E-state index < -0.39 is 11.4 Å². The maximum Gasteiger partial charge on any atom is 0.304 e. The highest BCUT2D eigenvalue weighted by Gasteiger charge is 2.44. The van der Waals surface area contributed by atoms with Crippen LogP contribution in [0.1, 0.15) is 23.2 Å². The molecule has 0 saturated carbocycles. The van der Waals surface area contributed by atoms with Crippen LogP contribution in [0.4, 0.5) is 5.82 Å². The Morgan fingerprint density at radius 3 is 2.85 bits per heavy atom. The maximum atomic E-state index is 12.2. The summed E-state index contributed by atoms with van der Waals surface area (Å²) in [7, 11) is 0. The minimum Gasteiger partial charge on any atom is -0.493 e. The van der Waals surface area contributed by atoms with E-state index in [4.69, 9.17) is 18.9 Å². The zero-order valence-electron chi connectivity index (χ0n) is 21.2. The lowest BCUT2D eigenvalue weighted by molar-refractivity contribution is -0.138. The molecule has 2 N–H and O–H groups in total. The summed E-state index contributed by atoms with van der Waals surface area (Å²) in [4.78, 5) is 16.8. The average molecular weight is 545 g/mol. The molecule has 0 radical (unpaired) electrons. The zero-order valence-corrected chi connectivity index (χ0v) is 22.0. The zero-order chi connectivity index (χ0) is 26.7. The molecule has 9 heteroatoms. The van der Waals surface area contributed by atoms with Crippen LogP contribution in [0.5, 0.6) is 11.5 Å². The van der Waals surface area contributed by atoms with Crippen LogP contribution in [0, 0.1) is 0 Å². The Labute approximate surface area is 229 Å². The van der Waals surface area contributed by atoms with Gasteiger partial charge in [-0.15, -0.1) is 11.3 Å². The first-order valence-corrected chi connectivity index (χ1v) is 13.7. The summed E-state index contributed by atoms with van der Waals surface area (Å²) >= 11 is 1.57. The van der Waals surface area contributed by atoms with Crippen LogP contribution < -0.4 is 14.8 Å². The Bertz CT molecular complexity index is 1520. The Morgan fingerprint density at radius 1 is 1.13 bits per heavy atom. The number of pyridine rings is 1. The fraction of sp³-hybridized carbons (Fsp3) is 0.267. The number of carboxylic acid groups (broad SMARTS) is 1. The topological polar surface area (TPSA) is 99.1 Å². The van der Waals surface area contributed by atoms with E-state index in [9.17, 15) is 9.90 Å². The Hall–Kier alpha value is -4.24. The molecule has 6 rings (SSSR count).